The Bertz CT molecular complexity index is 1190. The van der Waals surface area contributed by atoms with Crippen molar-refractivity contribution in [2.45, 2.75) is 31.6 Å². The molecule has 0 saturated heterocycles. The number of H-pyrrole nitrogens is 2. The molecule has 2 aromatic heterocycles. The van der Waals surface area contributed by atoms with E-state index in [0.29, 0.717) is 29.9 Å². The van der Waals surface area contributed by atoms with Crippen LogP contribution in [0.1, 0.15) is 22.8 Å². The molecule has 0 bridgehead atoms. The first-order valence-corrected chi connectivity index (χ1v) is 10.5. The topological polar surface area (TPSA) is 104 Å². The number of aryl methyl sites for hydroxylation is 4. The van der Waals surface area contributed by atoms with Gasteiger partial charge < -0.3 is 4.98 Å². The van der Waals surface area contributed by atoms with Gasteiger partial charge in [-0.15, -0.1) is 0 Å². The molecule has 8 heteroatoms. The lowest BCUT2D eigenvalue weighted by Crippen LogP contribution is -2.16. The van der Waals surface area contributed by atoms with Crippen molar-refractivity contribution in [2.75, 3.05) is 4.72 Å². The SMILES string of the molecule is Cc1n[nH]c(C)c1S(=O)(=O)Nc1ccccc1CCc1nc2ccccc2[nH]1. The van der Waals surface area contributed by atoms with Crippen LogP contribution >= 0.6 is 0 Å². The van der Waals surface area contributed by atoms with E-state index in [9.17, 15) is 8.42 Å². The van der Waals surface area contributed by atoms with Gasteiger partial charge in [0.2, 0.25) is 0 Å². The van der Waals surface area contributed by atoms with Crippen molar-refractivity contribution < 1.29 is 8.42 Å². The second-order valence-electron chi connectivity index (χ2n) is 6.73. The van der Waals surface area contributed by atoms with Crippen LogP contribution in [0.4, 0.5) is 5.69 Å². The van der Waals surface area contributed by atoms with Crippen LogP contribution in [0.3, 0.4) is 0 Å². The average molecular weight is 395 g/mol. The van der Waals surface area contributed by atoms with Gasteiger partial charge in [-0.2, -0.15) is 5.10 Å². The van der Waals surface area contributed by atoms with Crippen molar-refractivity contribution in [2.24, 2.45) is 0 Å². The summed E-state index contributed by atoms with van der Waals surface area (Å²) in [5.74, 6) is 0.875. The Kier molecular flexibility index (Phi) is 4.64. The van der Waals surface area contributed by atoms with Crippen LogP contribution in [0.15, 0.2) is 53.4 Å². The Balaban J connectivity index is 1.57. The second-order valence-corrected chi connectivity index (χ2v) is 8.35. The predicted molar refractivity (Wildman–Crippen MR) is 109 cm³/mol. The van der Waals surface area contributed by atoms with E-state index in [-0.39, 0.29) is 4.90 Å². The predicted octanol–water partition coefficient (Wildman–Crippen LogP) is 3.49. The van der Waals surface area contributed by atoms with E-state index >= 15 is 0 Å². The second kappa shape index (κ2) is 7.12. The van der Waals surface area contributed by atoms with Crippen LogP contribution in [0.5, 0.6) is 0 Å². The normalized spacial score (nSPS) is 11.8. The van der Waals surface area contributed by atoms with E-state index in [1.54, 1.807) is 19.9 Å². The maximum absolute atomic E-state index is 12.9. The Hall–Kier alpha value is -3.13. The molecule has 144 valence electrons. The van der Waals surface area contributed by atoms with E-state index in [4.69, 9.17) is 0 Å². The van der Waals surface area contributed by atoms with Crippen molar-refractivity contribution in [1.29, 1.82) is 0 Å². The fourth-order valence-corrected chi connectivity index (χ4v) is 4.82. The molecule has 0 spiro atoms. The van der Waals surface area contributed by atoms with E-state index < -0.39 is 10.0 Å². The van der Waals surface area contributed by atoms with Gasteiger partial charge in [-0.05, 0) is 44.0 Å². The van der Waals surface area contributed by atoms with Crippen LogP contribution in [0.2, 0.25) is 0 Å². The largest absolute Gasteiger partial charge is 0.342 e. The highest BCUT2D eigenvalue weighted by Crippen LogP contribution is 2.24. The van der Waals surface area contributed by atoms with Gasteiger partial charge in [0, 0.05) is 6.42 Å². The summed E-state index contributed by atoms with van der Waals surface area (Å²) in [6.07, 6.45) is 1.33. The monoisotopic (exact) mass is 395 g/mol. The Morgan fingerprint density at radius 1 is 1.00 bits per heavy atom. The van der Waals surface area contributed by atoms with Crippen LogP contribution in [0.25, 0.3) is 11.0 Å². The number of aromatic nitrogens is 4. The van der Waals surface area contributed by atoms with Crippen molar-refractivity contribution in [3.05, 3.63) is 71.3 Å². The molecule has 7 nitrogen and oxygen atoms in total. The summed E-state index contributed by atoms with van der Waals surface area (Å²) < 4.78 is 28.4. The molecule has 0 fully saturated rings. The summed E-state index contributed by atoms with van der Waals surface area (Å²) >= 11 is 0. The zero-order chi connectivity index (χ0) is 19.7. The molecule has 0 aliphatic rings. The molecule has 0 atom stereocenters. The number of nitrogens with one attached hydrogen (secondary N) is 3. The molecular formula is C20H21N5O2S. The van der Waals surface area contributed by atoms with Crippen LogP contribution in [-0.2, 0) is 22.9 Å². The number of hydrogen-bond acceptors (Lipinski definition) is 4. The third-order valence-corrected chi connectivity index (χ3v) is 6.29. The van der Waals surface area contributed by atoms with Gasteiger partial charge in [-0.25, -0.2) is 13.4 Å². The number of nitrogens with zero attached hydrogens (tertiary/aromatic N) is 2. The van der Waals surface area contributed by atoms with E-state index in [2.05, 4.69) is 24.9 Å². The molecule has 2 heterocycles. The third kappa shape index (κ3) is 3.50. The maximum atomic E-state index is 12.9. The van der Waals surface area contributed by atoms with E-state index in [1.807, 2.05) is 42.5 Å². The highest BCUT2D eigenvalue weighted by molar-refractivity contribution is 7.92. The van der Waals surface area contributed by atoms with Crippen molar-refractivity contribution in [1.82, 2.24) is 20.2 Å². The summed E-state index contributed by atoms with van der Waals surface area (Å²) in [6.45, 7) is 3.37. The Labute approximate surface area is 163 Å². The van der Waals surface area contributed by atoms with Gasteiger partial charge >= 0.3 is 0 Å². The van der Waals surface area contributed by atoms with Gasteiger partial charge in [0.05, 0.1) is 28.1 Å². The first kappa shape index (κ1) is 18.2. The standard InChI is InChI=1S/C20H21N5O2S/c1-13-20(14(2)24-23-13)28(26,27)25-16-8-4-3-7-15(16)11-12-19-21-17-9-5-6-10-18(17)22-19/h3-10,25H,11-12H2,1-2H3,(H,21,22)(H,23,24). The molecule has 0 amide bonds. The minimum Gasteiger partial charge on any atom is -0.342 e. The first-order valence-electron chi connectivity index (χ1n) is 9.00. The summed E-state index contributed by atoms with van der Waals surface area (Å²) in [6, 6.07) is 15.3. The number of anilines is 1. The molecular weight excluding hydrogens is 374 g/mol. The zero-order valence-corrected chi connectivity index (χ0v) is 16.5. The van der Waals surface area contributed by atoms with Gasteiger partial charge in [-0.1, -0.05) is 30.3 Å². The maximum Gasteiger partial charge on any atom is 0.265 e. The first-order chi connectivity index (χ1) is 13.4. The average Bonchev–Trinajstić information content (AvgIpc) is 3.23. The summed E-state index contributed by atoms with van der Waals surface area (Å²) in [7, 11) is -3.72. The number of para-hydroxylation sites is 3. The molecule has 0 aliphatic heterocycles. The summed E-state index contributed by atoms with van der Waals surface area (Å²) in [5.41, 5.74) is 4.37. The summed E-state index contributed by atoms with van der Waals surface area (Å²) in [5, 5.41) is 6.71. The number of benzene rings is 2. The van der Waals surface area contributed by atoms with Gasteiger partial charge in [0.25, 0.3) is 10.0 Å². The molecule has 0 aliphatic carbocycles. The third-order valence-electron chi connectivity index (χ3n) is 4.66. The number of sulfonamides is 1. The number of imidazole rings is 1. The van der Waals surface area contributed by atoms with Gasteiger partial charge in [0.15, 0.2) is 0 Å². The fourth-order valence-electron chi connectivity index (χ4n) is 3.35. The van der Waals surface area contributed by atoms with E-state index in [1.165, 1.54) is 0 Å². The molecule has 0 saturated carbocycles. The van der Waals surface area contributed by atoms with Crippen LogP contribution < -0.4 is 4.72 Å². The number of fused-ring (bicyclic) bond motifs is 1. The van der Waals surface area contributed by atoms with Crippen LogP contribution in [-0.4, -0.2) is 28.6 Å². The highest BCUT2D eigenvalue weighted by atomic mass is 32.2. The lowest BCUT2D eigenvalue weighted by molar-refractivity contribution is 0.600. The quantitative estimate of drug-likeness (QED) is 0.465. The van der Waals surface area contributed by atoms with E-state index in [0.717, 1.165) is 22.4 Å². The van der Waals surface area contributed by atoms with Crippen LogP contribution in [0, 0.1) is 13.8 Å². The smallest absolute Gasteiger partial charge is 0.265 e. The minimum atomic E-state index is -3.72. The molecule has 4 aromatic rings. The fraction of sp³-hybridized carbons (Fsp3) is 0.200. The molecule has 3 N–H and O–H groups in total. The number of aromatic amines is 2. The van der Waals surface area contributed by atoms with Gasteiger partial charge in [-0.3, -0.25) is 9.82 Å². The highest BCUT2D eigenvalue weighted by Gasteiger charge is 2.23. The van der Waals surface area contributed by atoms with Gasteiger partial charge in [0.1, 0.15) is 10.7 Å². The Morgan fingerprint density at radius 3 is 2.50 bits per heavy atom. The zero-order valence-electron chi connectivity index (χ0n) is 15.7. The van der Waals surface area contributed by atoms with Crippen molar-refractivity contribution >= 4 is 26.7 Å². The molecule has 2 aromatic carbocycles. The van der Waals surface area contributed by atoms with Crippen molar-refractivity contribution in [3.8, 4) is 0 Å². The Morgan fingerprint density at radius 2 is 1.75 bits per heavy atom. The number of rotatable bonds is 6. The lowest BCUT2D eigenvalue weighted by atomic mass is 10.1. The summed E-state index contributed by atoms with van der Waals surface area (Å²) in [4.78, 5) is 8.09. The number of hydrogen-bond donors (Lipinski definition) is 3. The molecule has 0 unspecified atom stereocenters. The minimum absolute atomic E-state index is 0.194. The molecule has 0 radical (unpaired) electrons. The lowest BCUT2D eigenvalue weighted by Gasteiger charge is -2.12. The molecule has 4 rings (SSSR count). The molecule has 28 heavy (non-hydrogen) atoms. The van der Waals surface area contributed by atoms with Crippen molar-refractivity contribution in [3.63, 3.8) is 0 Å².